The molecule has 0 radical (unpaired) electrons. The van der Waals surface area contributed by atoms with Crippen molar-refractivity contribution >= 4 is 5.78 Å². The van der Waals surface area contributed by atoms with E-state index in [2.05, 4.69) is 5.32 Å². The largest absolute Gasteiger partial charge is 0.400 e. The van der Waals surface area contributed by atoms with Gasteiger partial charge in [-0.25, -0.2) is 0 Å². The zero-order valence-corrected chi connectivity index (χ0v) is 6.55. The highest BCUT2D eigenvalue weighted by atomic mass is 16.2. The van der Waals surface area contributed by atoms with E-state index in [-0.39, 0.29) is 11.8 Å². The number of ketones is 1. The molecular weight excluding hydrogens is 130 g/mol. The second-order valence-electron chi connectivity index (χ2n) is 2.26. The highest BCUT2D eigenvalue weighted by molar-refractivity contribution is 5.81. The van der Waals surface area contributed by atoms with E-state index in [0.717, 1.165) is 26.5 Å². The first-order valence-corrected chi connectivity index (χ1v) is 3.49. The Morgan fingerprint density at radius 2 is 2.20 bits per heavy atom. The zero-order chi connectivity index (χ0) is 7.98. The Labute approximate surface area is 61.4 Å². The van der Waals surface area contributed by atoms with Crippen LogP contribution in [0.4, 0.5) is 0 Å². The van der Waals surface area contributed by atoms with Gasteiger partial charge in [-0.15, -0.1) is 0 Å². The van der Waals surface area contributed by atoms with Crippen LogP contribution in [0.15, 0.2) is 0 Å². The Morgan fingerprint density at radius 3 is 2.40 bits per heavy atom. The summed E-state index contributed by atoms with van der Waals surface area (Å²) >= 11 is 0. The summed E-state index contributed by atoms with van der Waals surface area (Å²) in [6.45, 7) is 2.66. The van der Waals surface area contributed by atoms with Crippen LogP contribution in [0.3, 0.4) is 0 Å². The first-order valence-electron chi connectivity index (χ1n) is 3.49. The molecule has 0 aliphatic carbocycles. The minimum absolute atomic E-state index is 0.176. The average Bonchev–Trinajstić information content (AvgIpc) is 2.42. The summed E-state index contributed by atoms with van der Waals surface area (Å²) in [7, 11) is 1.00. The van der Waals surface area contributed by atoms with Crippen molar-refractivity contribution in [1.29, 1.82) is 0 Å². The fraction of sp³-hybridized carbons (Fsp3) is 0.857. The van der Waals surface area contributed by atoms with E-state index in [1.54, 1.807) is 6.92 Å². The van der Waals surface area contributed by atoms with Crippen LogP contribution in [0.2, 0.25) is 0 Å². The molecule has 1 aliphatic heterocycles. The van der Waals surface area contributed by atoms with Gasteiger partial charge in [0, 0.05) is 7.11 Å². The van der Waals surface area contributed by atoms with Crippen molar-refractivity contribution in [3.05, 3.63) is 0 Å². The van der Waals surface area contributed by atoms with Gasteiger partial charge in [0.05, 0.1) is 6.04 Å². The molecular formula is C7H15NO2. The van der Waals surface area contributed by atoms with Crippen molar-refractivity contribution < 1.29 is 9.90 Å². The molecule has 0 saturated carbocycles. The summed E-state index contributed by atoms with van der Waals surface area (Å²) in [4.78, 5) is 10.6. The third-order valence-corrected chi connectivity index (χ3v) is 1.55. The smallest absolute Gasteiger partial charge is 0.146 e. The lowest BCUT2D eigenvalue weighted by Gasteiger charge is -2.01. The van der Waals surface area contributed by atoms with E-state index in [9.17, 15) is 4.79 Å². The molecule has 0 bridgehead atoms. The lowest BCUT2D eigenvalue weighted by atomic mass is 10.2. The van der Waals surface area contributed by atoms with Crippen LogP contribution in [0, 0.1) is 0 Å². The van der Waals surface area contributed by atoms with Crippen molar-refractivity contribution in [2.24, 2.45) is 0 Å². The maximum atomic E-state index is 10.6. The molecule has 60 valence electrons. The Bertz CT molecular complexity index is 97.8. The van der Waals surface area contributed by atoms with Crippen LogP contribution in [0.25, 0.3) is 0 Å². The van der Waals surface area contributed by atoms with Gasteiger partial charge < -0.3 is 10.4 Å². The monoisotopic (exact) mass is 145 g/mol. The van der Waals surface area contributed by atoms with Crippen molar-refractivity contribution in [3.63, 3.8) is 0 Å². The van der Waals surface area contributed by atoms with Gasteiger partial charge in [0.1, 0.15) is 5.78 Å². The molecule has 0 amide bonds. The molecule has 1 saturated heterocycles. The molecule has 2 N–H and O–H groups in total. The molecule has 3 nitrogen and oxygen atoms in total. The van der Waals surface area contributed by atoms with Crippen molar-refractivity contribution in [2.45, 2.75) is 25.8 Å². The predicted octanol–water partition coefficient (Wildman–Crippen LogP) is -0.0641. The average molecular weight is 145 g/mol. The second-order valence-corrected chi connectivity index (χ2v) is 2.26. The fourth-order valence-corrected chi connectivity index (χ4v) is 1.03. The molecule has 0 spiro atoms. The number of rotatable bonds is 1. The van der Waals surface area contributed by atoms with E-state index in [0.29, 0.717) is 0 Å². The highest BCUT2D eigenvalue weighted by Crippen LogP contribution is 2.04. The van der Waals surface area contributed by atoms with Crippen LogP contribution in [0.1, 0.15) is 19.8 Å². The van der Waals surface area contributed by atoms with Gasteiger partial charge in [-0.3, -0.25) is 4.79 Å². The van der Waals surface area contributed by atoms with Crippen LogP contribution < -0.4 is 5.32 Å². The van der Waals surface area contributed by atoms with Gasteiger partial charge >= 0.3 is 0 Å². The van der Waals surface area contributed by atoms with Crippen LogP contribution in [-0.4, -0.2) is 30.6 Å². The molecule has 1 rings (SSSR count). The lowest BCUT2D eigenvalue weighted by molar-refractivity contribution is -0.118. The van der Waals surface area contributed by atoms with E-state index in [1.807, 2.05) is 0 Å². The minimum Gasteiger partial charge on any atom is -0.400 e. The predicted molar refractivity (Wildman–Crippen MR) is 39.8 cm³/mol. The Morgan fingerprint density at radius 1 is 1.60 bits per heavy atom. The topological polar surface area (TPSA) is 49.3 Å². The van der Waals surface area contributed by atoms with Crippen LogP contribution in [0.5, 0.6) is 0 Å². The highest BCUT2D eigenvalue weighted by Gasteiger charge is 2.17. The molecule has 0 aromatic carbocycles. The molecule has 1 aliphatic rings. The van der Waals surface area contributed by atoms with Gasteiger partial charge in [0.2, 0.25) is 0 Å². The molecule has 3 heteroatoms. The van der Waals surface area contributed by atoms with Gasteiger partial charge in [-0.05, 0) is 26.3 Å². The Hall–Kier alpha value is -0.410. The Kier molecular flexibility index (Phi) is 5.16. The molecule has 0 unspecified atom stereocenters. The normalized spacial score (nSPS) is 23.3. The van der Waals surface area contributed by atoms with Crippen molar-refractivity contribution in [1.82, 2.24) is 5.32 Å². The summed E-state index contributed by atoms with van der Waals surface area (Å²) in [6.07, 6.45) is 2.19. The SMILES string of the molecule is CC(=O)[C@H]1CCCN1.CO. The number of aliphatic hydroxyl groups excluding tert-OH is 1. The van der Waals surface area contributed by atoms with Gasteiger partial charge in [0.25, 0.3) is 0 Å². The van der Waals surface area contributed by atoms with E-state index >= 15 is 0 Å². The lowest BCUT2D eigenvalue weighted by Crippen LogP contribution is -2.28. The maximum absolute atomic E-state index is 10.6. The van der Waals surface area contributed by atoms with E-state index in [4.69, 9.17) is 5.11 Å². The number of carbonyl (C=O) groups excluding carboxylic acids is 1. The zero-order valence-electron chi connectivity index (χ0n) is 6.55. The maximum Gasteiger partial charge on any atom is 0.146 e. The summed E-state index contributed by atoms with van der Waals surface area (Å²) in [5.74, 6) is 0.280. The number of hydrogen-bond donors (Lipinski definition) is 2. The van der Waals surface area contributed by atoms with Gasteiger partial charge in [0.15, 0.2) is 0 Å². The third-order valence-electron chi connectivity index (χ3n) is 1.55. The van der Waals surface area contributed by atoms with E-state index < -0.39 is 0 Å². The Balaban J connectivity index is 0.000000371. The number of aliphatic hydroxyl groups is 1. The van der Waals surface area contributed by atoms with Crippen LogP contribution in [-0.2, 0) is 4.79 Å². The summed E-state index contributed by atoms with van der Waals surface area (Å²) in [6, 6.07) is 0.176. The van der Waals surface area contributed by atoms with E-state index in [1.165, 1.54) is 0 Å². The van der Waals surface area contributed by atoms with Crippen LogP contribution >= 0.6 is 0 Å². The standard InChI is InChI=1S/C6H11NO.CH4O/c1-5(8)6-3-2-4-7-6;1-2/h6-7H,2-4H2,1H3;2H,1H3/t6-;/m1./s1. The van der Waals surface area contributed by atoms with Gasteiger partial charge in [-0.1, -0.05) is 0 Å². The first kappa shape index (κ1) is 9.59. The molecule has 10 heavy (non-hydrogen) atoms. The van der Waals surface area contributed by atoms with Crippen molar-refractivity contribution in [3.8, 4) is 0 Å². The third kappa shape index (κ3) is 2.94. The molecule has 1 atom stereocenters. The first-order chi connectivity index (χ1) is 4.80. The molecule has 0 aromatic heterocycles. The number of Topliss-reactive ketones (excluding diaryl/α,β-unsaturated/α-hetero) is 1. The van der Waals surface area contributed by atoms with Crippen molar-refractivity contribution in [2.75, 3.05) is 13.7 Å². The number of hydrogen-bond acceptors (Lipinski definition) is 3. The fourth-order valence-electron chi connectivity index (χ4n) is 1.03. The molecule has 1 heterocycles. The number of carbonyl (C=O) groups is 1. The molecule has 1 fully saturated rings. The summed E-state index contributed by atoms with van der Waals surface area (Å²) in [5, 5.41) is 10.1. The molecule has 0 aromatic rings. The summed E-state index contributed by atoms with van der Waals surface area (Å²) in [5.41, 5.74) is 0. The van der Waals surface area contributed by atoms with Gasteiger partial charge in [-0.2, -0.15) is 0 Å². The quantitative estimate of drug-likeness (QED) is 0.543. The minimum atomic E-state index is 0.176. The number of nitrogens with one attached hydrogen (secondary N) is 1. The summed E-state index contributed by atoms with van der Waals surface area (Å²) < 4.78 is 0. The second kappa shape index (κ2) is 5.38.